The van der Waals surface area contributed by atoms with Gasteiger partial charge in [-0.2, -0.15) is 5.10 Å². The van der Waals surface area contributed by atoms with Gasteiger partial charge in [0, 0.05) is 6.20 Å². The molecule has 1 aromatic heterocycles. The average molecular weight is 357 g/mol. The lowest BCUT2D eigenvalue weighted by Gasteiger charge is -2.07. The van der Waals surface area contributed by atoms with Gasteiger partial charge < -0.3 is 4.74 Å². The first-order chi connectivity index (χ1) is 12.0. The molecule has 130 valence electrons. The fraction of sp³-hybridized carbons (Fsp3) is 0.167. The zero-order valence-electron chi connectivity index (χ0n) is 14.0. The lowest BCUT2D eigenvalue weighted by molar-refractivity contribution is 0.414. The lowest BCUT2D eigenvalue weighted by Crippen LogP contribution is -2.12. The van der Waals surface area contributed by atoms with E-state index in [4.69, 9.17) is 4.74 Å². The quantitative estimate of drug-likeness (QED) is 0.736. The van der Waals surface area contributed by atoms with Crippen LogP contribution in [0.15, 0.2) is 65.8 Å². The highest BCUT2D eigenvalue weighted by molar-refractivity contribution is 7.92. The first kappa shape index (κ1) is 17.0. The molecule has 7 heteroatoms. The van der Waals surface area contributed by atoms with E-state index in [1.165, 1.54) is 31.0 Å². The number of hydrogen-bond acceptors (Lipinski definition) is 4. The van der Waals surface area contributed by atoms with E-state index in [9.17, 15) is 8.42 Å². The Balaban J connectivity index is 1.73. The van der Waals surface area contributed by atoms with Crippen molar-refractivity contribution in [3.05, 3.63) is 72.1 Å². The summed E-state index contributed by atoms with van der Waals surface area (Å²) < 4.78 is 34.1. The molecule has 0 amide bonds. The third-order valence-corrected chi connectivity index (χ3v) is 5.08. The van der Waals surface area contributed by atoms with Crippen LogP contribution in [0.5, 0.6) is 5.75 Å². The molecule has 0 aliphatic heterocycles. The number of benzene rings is 2. The van der Waals surface area contributed by atoms with E-state index in [1.807, 2.05) is 25.1 Å². The van der Waals surface area contributed by atoms with Crippen LogP contribution in [0, 0.1) is 6.92 Å². The molecule has 1 heterocycles. The summed E-state index contributed by atoms with van der Waals surface area (Å²) >= 11 is 0. The summed E-state index contributed by atoms with van der Waals surface area (Å²) in [6, 6.07) is 14.3. The van der Waals surface area contributed by atoms with E-state index in [0.717, 1.165) is 5.56 Å². The number of sulfonamides is 1. The van der Waals surface area contributed by atoms with Crippen LogP contribution in [-0.4, -0.2) is 25.3 Å². The van der Waals surface area contributed by atoms with Crippen LogP contribution >= 0.6 is 0 Å². The molecule has 0 fully saturated rings. The molecule has 6 nitrogen and oxygen atoms in total. The largest absolute Gasteiger partial charge is 0.497 e. The van der Waals surface area contributed by atoms with Gasteiger partial charge in [-0.25, -0.2) is 8.42 Å². The molecule has 25 heavy (non-hydrogen) atoms. The summed E-state index contributed by atoms with van der Waals surface area (Å²) in [6.07, 6.45) is 3.17. The monoisotopic (exact) mass is 357 g/mol. The Bertz CT molecular complexity index is 963. The van der Waals surface area contributed by atoms with Crippen LogP contribution in [0.4, 0.5) is 5.69 Å². The summed E-state index contributed by atoms with van der Waals surface area (Å²) in [4.78, 5) is 0.166. The second-order valence-electron chi connectivity index (χ2n) is 5.70. The summed E-state index contributed by atoms with van der Waals surface area (Å²) in [5, 5.41) is 4.22. The second kappa shape index (κ2) is 6.98. The molecule has 0 unspecified atom stereocenters. The zero-order valence-corrected chi connectivity index (χ0v) is 14.8. The van der Waals surface area contributed by atoms with Crippen LogP contribution < -0.4 is 9.46 Å². The Kier molecular flexibility index (Phi) is 4.76. The molecular formula is C18H19N3O3S. The maximum absolute atomic E-state index is 12.4. The van der Waals surface area contributed by atoms with Crippen molar-refractivity contribution < 1.29 is 13.2 Å². The summed E-state index contributed by atoms with van der Waals surface area (Å²) in [6.45, 7) is 2.60. The Morgan fingerprint density at radius 1 is 1.16 bits per heavy atom. The summed E-state index contributed by atoms with van der Waals surface area (Å²) in [5.41, 5.74) is 2.70. The van der Waals surface area contributed by atoms with Gasteiger partial charge >= 0.3 is 0 Å². The number of aryl methyl sites for hydroxylation is 1. The Morgan fingerprint density at radius 3 is 2.60 bits per heavy atom. The third-order valence-electron chi connectivity index (χ3n) is 3.68. The van der Waals surface area contributed by atoms with Gasteiger partial charge in [0.15, 0.2) is 0 Å². The number of rotatable bonds is 6. The Morgan fingerprint density at radius 2 is 1.92 bits per heavy atom. The van der Waals surface area contributed by atoms with Gasteiger partial charge in [-0.3, -0.25) is 9.40 Å². The maximum Gasteiger partial charge on any atom is 0.261 e. The zero-order chi connectivity index (χ0) is 17.9. The van der Waals surface area contributed by atoms with Crippen molar-refractivity contribution >= 4 is 15.7 Å². The van der Waals surface area contributed by atoms with Crippen molar-refractivity contribution in [2.45, 2.75) is 18.4 Å². The molecule has 1 N–H and O–H groups in total. The second-order valence-corrected chi connectivity index (χ2v) is 7.38. The molecule has 0 saturated heterocycles. The molecule has 0 aliphatic rings. The van der Waals surface area contributed by atoms with Crippen molar-refractivity contribution in [1.82, 2.24) is 9.78 Å². The van der Waals surface area contributed by atoms with Crippen molar-refractivity contribution in [3.8, 4) is 5.75 Å². The normalized spacial score (nSPS) is 11.3. The van der Waals surface area contributed by atoms with Crippen LogP contribution in [-0.2, 0) is 16.6 Å². The van der Waals surface area contributed by atoms with Gasteiger partial charge in [-0.15, -0.1) is 0 Å². The minimum absolute atomic E-state index is 0.166. The molecule has 3 rings (SSSR count). The van der Waals surface area contributed by atoms with E-state index in [-0.39, 0.29) is 4.90 Å². The van der Waals surface area contributed by atoms with Gasteiger partial charge in [0.25, 0.3) is 10.0 Å². The van der Waals surface area contributed by atoms with Crippen molar-refractivity contribution in [2.24, 2.45) is 0 Å². The van der Waals surface area contributed by atoms with E-state index < -0.39 is 10.0 Å². The molecule has 0 radical (unpaired) electrons. The minimum Gasteiger partial charge on any atom is -0.497 e. The van der Waals surface area contributed by atoms with E-state index >= 15 is 0 Å². The first-order valence-corrected chi connectivity index (χ1v) is 9.19. The molecule has 0 bridgehead atoms. The minimum atomic E-state index is -3.66. The molecule has 3 aromatic rings. The fourth-order valence-corrected chi connectivity index (χ4v) is 3.50. The number of hydrogen-bond donors (Lipinski definition) is 1. The van der Waals surface area contributed by atoms with E-state index in [1.54, 1.807) is 23.0 Å². The first-order valence-electron chi connectivity index (χ1n) is 7.71. The highest BCUT2D eigenvalue weighted by Crippen LogP contribution is 2.19. The number of anilines is 1. The maximum atomic E-state index is 12.4. The SMILES string of the molecule is COc1ccc(S(=O)(=O)Nc2cnn(Cc3cccc(C)c3)c2)cc1. The number of nitrogens with one attached hydrogen (secondary N) is 1. The van der Waals surface area contributed by atoms with Crippen LogP contribution in [0.3, 0.4) is 0 Å². The van der Waals surface area contributed by atoms with Crippen LogP contribution in [0.25, 0.3) is 0 Å². The van der Waals surface area contributed by atoms with Crippen LogP contribution in [0.1, 0.15) is 11.1 Å². The average Bonchev–Trinajstić information content (AvgIpc) is 3.01. The molecule has 0 atom stereocenters. The molecule has 0 spiro atoms. The summed E-state index contributed by atoms with van der Waals surface area (Å²) in [5.74, 6) is 0.602. The highest BCUT2D eigenvalue weighted by Gasteiger charge is 2.15. The van der Waals surface area contributed by atoms with Crippen molar-refractivity contribution in [1.29, 1.82) is 0 Å². The molecular weight excluding hydrogens is 338 g/mol. The third kappa shape index (κ3) is 4.19. The summed E-state index contributed by atoms with van der Waals surface area (Å²) in [7, 11) is -2.13. The van der Waals surface area contributed by atoms with Crippen LogP contribution in [0.2, 0.25) is 0 Å². The Labute approximate surface area is 147 Å². The van der Waals surface area contributed by atoms with Gasteiger partial charge in [-0.1, -0.05) is 29.8 Å². The predicted molar refractivity (Wildman–Crippen MR) is 96.3 cm³/mol. The number of aromatic nitrogens is 2. The predicted octanol–water partition coefficient (Wildman–Crippen LogP) is 3.05. The lowest BCUT2D eigenvalue weighted by atomic mass is 10.1. The Hall–Kier alpha value is -2.80. The van der Waals surface area contributed by atoms with Gasteiger partial charge in [0.1, 0.15) is 5.75 Å². The number of methoxy groups -OCH3 is 1. The van der Waals surface area contributed by atoms with E-state index in [0.29, 0.717) is 18.0 Å². The molecule has 0 aliphatic carbocycles. The fourth-order valence-electron chi connectivity index (χ4n) is 2.47. The standard InChI is InChI=1S/C18H19N3O3S/c1-14-4-3-5-15(10-14)12-21-13-16(11-19-21)20-25(22,23)18-8-6-17(24-2)7-9-18/h3-11,13,20H,12H2,1-2H3. The van der Waals surface area contributed by atoms with Gasteiger partial charge in [0.05, 0.1) is 30.4 Å². The van der Waals surface area contributed by atoms with Crippen molar-refractivity contribution in [2.75, 3.05) is 11.8 Å². The number of nitrogens with zero attached hydrogens (tertiary/aromatic N) is 2. The molecule has 0 saturated carbocycles. The van der Waals surface area contributed by atoms with Crippen molar-refractivity contribution in [3.63, 3.8) is 0 Å². The number of ether oxygens (including phenoxy) is 1. The smallest absolute Gasteiger partial charge is 0.261 e. The van der Waals surface area contributed by atoms with Gasteiger partial charge in [0.2, 0.25) is 0 Å². The van der Waals surface area contributed by atoms with E-state index in [2.05, 4.69) is 15.9 Å². The highest BCUT2D eigenvalue weighted by atomic mass is 32.2. The topological polar surface area (TPSA) is 73.2 Å². The molecule has 2 aromatic carbocycles. The van der Waals surface area contributed by atoms with Gasteiger partial charge in [-0.05, 0) is 36.8 Å².